The van der Waals surface area contributed by atoms with Gasteiger partial charge in [-0.3, -0.25) is 9.59 Å². The number of hydrogen-bond acceptors (Lipinski definition) is 4. The molecule has 5 heteroatoms. The van der Waals surface area contributed by atoms with Gasteiger partial charge in [0.1, 0.15) is 0 Å². The Hall–Kier alpha value is -1.62. The van der Waals surface area contributed by atoms with Gasteiger partial charge in [-0.2, -0.15) is 0 Å². The van der Waals surface area contributed by atoms with Crippen molar-refractivity contribution in [3.63, 3.8) is 0 Å². The van der Waals surface area contributed by atoms with Gasteiger partial charge in [0.05, 0.1) is 13.0 Å². The van der Waals surface area contributed by atoms with Crippen molar-refractivity contribution in [3.8, 4) is 0 Å². The van der Waals surface area contributed by atoms with Crippen molar-refractivity contribution >= 4 is 5.97 Å². The van der Waals surface area contributed by atoms with Crippen LogP contribution in [0.3, 0.4) is 0 Å². The summed E-state index contributed by atoms with van der Waals surface area (Å²) in [6.45, 7) is 2.07. The minimum absolute atomic E-state index is 0.0806. The zero-order chi connectivity index (χ0) is 11.3. The van der Waals surface area contributed by atoms with E-state index in [1.165, 1.54) is 12.3 Å². The Morgan fingerprint density at radius 3 is 3.00 bits per heavy atom. The number of nitrogens with one attached hydrogen (secondary N) is 1. The predicted molar refractivity (Wildman–Crippen MR) is 55.2 cm³/mol. The summed E-state index contributed by atoms with van der Waals surface area (Å²) >= 11 is 0. The van der Waals surface area contributed by atoms with Crippen LogP contribution in [0.2, 0.25) is 0 Å². The van der Waals surface area contributed by atoms with E-state index in [0.717, 1.165) is 0 Å². The standard InChI is InChI=1S/C10H14N2O3/c1-2-15-10(14)6-8(11)7-3-4-12-9(13)5-7/h3-5,8H,2,6,11H2,1H3,(H,12,13)/t8-/m0/s1. The quantitative estimate of drug-likeness (QED) is 0.701. The molecule has 5 nitrogen and oxygen atoms in total. The van der Waals surface area contributed by atoms with Crippen LogP contribution in [0.4, 0.5) is 0 Å². The zero-order valence-corrected chi connectivity index (χ0v) is 8.53. The van der Waals surface area contributed by atoms with Crippen LogP contribution >= 0.6 is 0 Å². The van der Waals surface area contributed by atoms with E-state index in [0.29, 0.717) is 12.2 Å². The molecule has 0 aliphatic rings. The van der Waals surface area contributed by atoms with Gasteiger partial charge in [0.15, 0.2) is 0 Å². The largest absolute Gasteiger partial charge is 0.466 e. The number of hydrogen-bond donors (Lipinski definition) is 2. The van der Waals surface area contributed by atoms with E-state index in [9.17, 15) is 9.59 Å². The van der Waals surface area contributed by atoms with Crippen LogP contribution in [0.5, 0.6) is 0 Å². The molecule has 0 aliphatic heterocycles. The second-order valence-corrected chi connectivity index (χ2v) is 3.10. The average Bonchev–Trinajstić information content (AvgIpc) is 2.18. The molecule has 0 aromatic carbocycles. The Morgan fingerprint density at radius 2 is 2.40 bits per heavy atom. The van der Waals surface area contributed by atoms with Gasteiger partial charge in [-0.05, 0) is 18.6 Å². The van der Waals surface area contributed by atoms with Gasteiger partial charge in [-0.1, -0.05) is 0 Å². The second kappa shape index (κ2) is 5.31. The molecule has 0 amide bonds. The number of H-pyrrole nitrogens is 1. The van der Waals surface area contributed by atoms with Crippen LogP contribution in [-0.4, -0.2) is 17.6 Å². The molecule has 0 aliphatic carbocycles. The first-order valence-electron chi connectivity index (χ1n) is 4.73. The van der Waals surface area contributed by atoms with E-state index in [2.05, 4.69) is 4.98 Å². The lowest BCUT2D eigenvalue weighted by Crippen LogP contribution is -2.19. The van der Waals surface area contributed by atoms with E-state index in [1.807, 2.05) is 0 Å². The first kappa shape index (κ1) is 11.5. The van der Waals surface area contributed by atoms with Crippen molar-refractivity contribution in [2.24, 2.45) is 5.73 Å². The van der Waals surface area contributed by atoms with Crippen LogP contribution in [0, 0.1) is 0 Å². The van der Waals surface area contributed by atoms with Gasteiger partial charge in [-0.15, -0.1) is 0 Å². The van der Waals surface area contributed by atoms with Gasteiger partial charge >= 0.3 is 5.97 Å². The molecule has 0 fully saturated rings. The van der Waals surface area contributed by atoms with Crippen molar-refractivity contribution in [1.29, 1.82) is 0 Å². The minimum atomic E-state index is -0.494. The minimum Gasteiger partial charge on any atom is -0.466 e. The van der Waals surface area contributed by atoms with E-state index in [1.54, 1.807) is 13.0 Å². The number of carbonyl (C=O) groups excluding carboxylic acids is 1. The van der Waals surface area contributed by atoms with Crippen molar-refractivity contribution in [2.75, 3.05) is 6.61 Å². The molecule has 1 aromatic rings. The molecular weight excluding hydrogens is 196 g/mol. The molecule has 1 heterocycles. The Balaban J connectivity index is 2.64. The van der Waals surface area contributed by atoms with Crippen LogP contribution in [0.1, 0.15) is 24.9 Å². The first-order valence-corrected chi connectivity index (χ1v) is 4.73. The number of rotatable bonds is 4. The molecule has 0 bridgehead atoms. The average molecular weight is 210 g/mol. The second-order valence-electron chi connectivity index (χ2n) is 3.10. The zero-order valence-electron chi connectivity index (χ0n) is 8.53. The summed E-state index contributed by atoms with van der Waals surface area (Å²) in [5.41, 5.74) is 6.14. The topological polar surface area (TPSA) is 85.2 Å². The number of aromatic amines is 1. The maximum Gasteiger partial charge on any atom is 0.307 e. The molecule has 82 valence electrons. The van der Waals surface area contributed by atoms with E-state index in [4.69, 9.17) is 10.5 Å². The van der Waals surface area contributed by atoms with Crippen LogP contribution < -0.4 is 11.3 Å². The Morgan fingerprint density at radius 1 is 1.67 bits per heavy atom. The molecule has 1 rings (SSSR count). The molecule has 1 atom stereocenters. The van der Waals surface area contributed by atoms with Crippen LogP contribution in [0.15, 0.2) is 23.1 Å². The monoisotopic (exact) mass is 210 g/mol. The highest BCUT2D eigenvalue weighted by molar-refractivity contribution is 5.70. The number of carbonyl (C=O) groups is 1. The van der Waals surface area contributed by atoms with Gasteiger partial charge in [0, 0.05) is 18.3 Å². The number of aromatic nitrogens is 1. The lowest BCUT2D eigenvalue weighted by atomic mass is 10.1. The van der Waals surface area contributed by atoms with Gasteiger partial charge in [0.2, 0.25) is 5.56 Å². The lowest BCUT2D eigenvalue weighted by Gasteiger charge is -2.10. The van der Waals surface area contributed by atoms with E-state index < -0.39 is 6.04 Å². The SMILES string of the molecule is CCOC(=O)C[C@H](N)c1cc[nH]c(=O)c1. The predicted octanol–water partition coefficient (Wildman–Crippen LogP) is 0.328. The Labute approximate surface area is 87.3 Å². The third kappa shape index (κ3) is 3.55. The van der Waals surface area contributed by atoms with Crippen molar-refractivity contribution < 1.29 is 9.53 Å². The van der Waals surface area contributed by atoms with Gasteiger partial charge in [-0.25, -0.2) is 0 Å². The lowest BCUT2D eigenvalue weighted by molar-refractivity contribution is -0.143. The third-order valence-corrected chi connectivity index (χ3v) is 1.92. The van der Waals surface area contributed by atoms with Gasteiger partial charge < -0.3 is 15.5 Å². The molecule has 1 aromatic heterocycles. The molecule has 0 unspecified atom stereocenters. The van der Waals surface area contributed by atoms with Crippen molar-refractivity contribution in [1.82, 2.24) is 4.98 Å². The fraction of sp³-hybridized carbons (Fsp3) is 0.400. The Kier molecular flexibility index (Phi) is 4.05. The van der Waals surface area contributed by atoms with E-state index >= 15 is 0 Å². The number of esters is 1. The van der Waals surface area contributed by atoms with Crippen molar-refractivity contribution in [3.05, 3.63) is 34.2 Å². The number of nitrogens with two attached hydrogens (primary N) is 1. The summed E-state index contributed by atoms with van der Waals surface area (Å²) in [6, 6.07) is 2.56. The molecule has 15 heavy (non-hydrogen) atoms. The highest BCUT2D eigenvalue weighted by Gasteiger charge is 2.12. The van der Waals surface area contributed by atoms with Gasteiger partial charge in [0.25, 0.3) is 0 Å². The van der Waals surface area contributed by atoms with Crippen molar-refractivity contribution in [2.45, 2.75) is 19.4 Å². The molecule has 0 saturated carbocycles. The maximum absolute atomic E-state index is 11.1. The number of pyridine rings is 1. The molecule has 0 saturated heterocycles. The molecule has 3 N–H and O–H groups in total. The number of ether oxygens (including phenoxy) is 1. The summed E-state index contributed by atoms with van der Waals surface area (Å²) in [5.74, 6) is -0.356. The summed E-state index contributed by atoms with van der Waals surface area (Å²) in [7, 11) is 0. The highest BCUT2D eigenvalue weighted by atomic mass is 16.5. The Bertz CT molecular complexity index is 386. The summed E-state index contributed by atoms with van der Waals surface area (Å²) < 4.78 is 4.76. The molecule has 0 radical (unpaired) electrons. The molecule has 0 spiro atoms. The fourth-order valence-corrected chi connectivity index (χ4v) is 1.21. The summed E-state index contributed by atoms with van der Waals surface area (Å²) in [5, 5.41) is 0. The summed E-state index contributed by atoms with van der Waals surface area (Å²) in [6.07, 6.45) is 1.58. The highest BCUT2D eigenvalue weighted by Crippen LogP contribution is 2.11. The smallest absolute Gasteiger partial charge is 0.307 e. The van der Waals surface area contributed by atoms with Crippen LogP contribution in [-0.2, 0) is 9.53 Å². The third-order valence-electron chi connectivity index (χ3n) is 1.92. The maximum atomic E-state index is 11.1. The summed E-state index contributed by atoms with van der Waals surface area (Å²) in [4.78, 5) is 24.6. The normalized spacial score (nSPS) is 12.1. The fourth-order valence-electron chi connectivity index (χ4n) is 1.21. The van der Waals surface area contributed by atoms with E-state index in [-0.39, 0.29) is 17.9 Å². The van der Waals surface area contributed by atoms with Crippen LogP contribution in [0.25, 0.3) is 0 Å². The molecular formula is C10H14N2O3. The first-order chi connectivity index (χ1) is 7.13.